The number of rotatable bonds is 6. The van der Waals surface area contributed by atoms with Crippen LogP contribution in [0.15, 0.2) is 23.6 Å². The molecule has 2 aromatic heterocycles. The van der Waals surface area contributed by atoms with Crippen molar-refractivity contribution < 1.29 is 13.2 Å². The second-order valence-electron chi connectivity index (χ2n) is 7.49. The third-order valence-electron chi connectivity index (χ3n) is 4.76. The Morgan fingerprint density at radius 3 is 2.59 bits per heavy atom. The van der Waals surface area contributed by atoms with Crippen LogP contribution in [0.25, 0.3) is 21.2 Å². The summed E-state index contributed by atoms with van der Waals surface area (Å²) in [7, 11) is -3.21. The highest BCUT2D eigenvalue weighted by atomic mass is 35.5. The van der Waals surface area contributed by atoms with Gasteiger partial charge in [-0.25, -0.2) is 18.4 Å². The Morgan fingerprint density at radius 2 is 2.04 bits per heavy atom. The third-order valence-corrected chi connectivity index (χ3v) is 6.02. The van der Waals surface area contributed by atoms with Crippen LogP contribution in [0.2, 0.25) is 5.15 Å². The number of sulfone groups is 1. The SMILES string of the molecule is CC(C)(N=[N+]=[N-])c1cnc(OC2(CS(C)(=O)=O)CCC2)c2cnc(Cl)cc12. The van der Waals surface area contributed by atoms with Gasteiger partial charge in [0.15, 0.2) is 9.84 Å². The van der Waals surface area contributed by atoms with Crippen molar-refractivity contribution in [1.29, 1.82) is 0 Å². The molecule has 144 valence electrons. The van der Waals surface area contributed by atoms with Crippen molar-refractivity contribution in [3.63, 3.8) is 0 Å². The fourth-order valence-electron chi connectivity index (χ4n) is 3.35. The molecule has 0 unspecified atom stereocenters. The Kier molecular flexibility index (Phi) is 4.96. The zero-order valence-corrected chi connectivity index (χ0v) is 16.9. The summed E-state index contributed by atoms with van der Waals surface area (Å²) >= 11 is 6.07. The largest absolute Gasteiger partial charge is 0.469 e. The highest BCUT2D eigenvalue weighted by molar-refractivity contribution is 7.90. The van der Waals surface area contributed by atoms with Crippen LogP contribution >= 0.6 is 11.6 Å². The van der Waals surface area contributed by atoms with Gasteiger partial charge in [-0.05, 0) is 41.8 Å². The maximum atomic E-state index is 11.8. The molecule has 0 aliphatic heterocycles. The smallest absolute Gasteiger partial charge is 0.223 e. The van der Waals surface area contributed by atoms with Crippen LogP contribution in [-0.2, 0) is 15.4 Å². The Morgan fingerprint density at radius 1 is 1.33 bits per heavy atom. The van der Waals surface area contributed by atoms with E-state index in [0.29, 0.717) is 35.1 Å². The summed E-state index contributed by atoms with van der Waals surface area (Å²) in [5.41, 5.74) is 7.92. The summed E-state index contributed by atoms with van der Waals surface area (Å²) in [5.74, 6) is 0.244. The first-order chi connectivity index (χ1) is 12.6. The first kappa shape index (κ1) is 19.7. The van der Waals surface area contributed by atoms with E-state index < -0.39 is 21.0 Å². The molecule has 0 aromatic carbocycles. The van der Waals surface area contributed by atoms with Crippen molar-refractivity contribution in [1.82, 2.24) is 9.97 Å². The predicted molar refractivity (Wildman–Crippen MR) is 104 cm³/mol. The summed E-state index contributed by atoms with van der Waals surface area (Å²) < 4.78 is 29.8. The van der Waals surface area contributed by atoms with E-state index in [9.17, 15) is 8.42 Å². The van der Waals surface area contributed by atoms with Crippen LogP contribution in [0.5, 0.6) is 5.88 Å². The maximum Gasteiger partial charge on any atom is 0.223 e. The molecular weight excluding hydrogens is 390 g/mol. The van der Waals surface area contributed by atoms with Crippen LogP contribution in [0.4, 0.5) is 0 Å². The molecule has 0 N–H and O–H groups in total. The van der Waals surface area contributed by atoms with Gasteiger partial charge in [-0.3, -0.25) is 0 Å². The molecule has 27 heavy (non-hydrogen) atoms. The van der Waals surface area contributed by atoms with Crippen molar-refractivity contribution in [3.8, 4) is 5.88 Å². The Bertz CT molecular complexity index is 1040. The summed E-state index contributed by atoms with van der Waals surface area (Å²) in [6, 6.07) is 1.67. The van der Waals surface area contributed by atoms with Crippen molar-refractivity contribution in [2.75, 3.05) is 12.0 Å². The molecule has 1 fully saturated rings. The molecule has 0 radical (unpaired) electrons. The summed E-state index contributed by atoms with van der Waals surface area (Å²) in [4.78, 5) is 11.4. The number of hydrogen-bond donors (Lipinski definition) is 0. The molecule has 10 heteroatoms. The summed E-state index contributed by atoms with van der Waals surface area (Å²) in [5, 5.41) is 5.42. The maximum absolute atomic E-state index is 11.8. The number of nitrogens with zero attached hydrogens (tertiary/aromatic N) is 5. The van der Waals surface area contributed by atoms with Gasteiger partial charge in [0.05, 0.1) is 16.7 Å². The Hall–Kier alpha value is -2.09. The molecule has 0 bridgehead atoms. The minimum atomic E-state index is -3.21. The summed E-state index contributed by atoms with van der Waals surface area (Å²) in [6.45, 7) is 3.55. The monoisotopic (exact) mass is 409 g/mol. The first-order valence-corrected chi connectivity index (χ1v) is 10.9. The second kappa shape index (κ2) is 6.82. The van der Waals surface area contributed by atoms with E-state index in [1.54, 1.807) is 32.3 Å². The standard InChI is InChI=1S/C17H20ClN5O3S/c1-16(2,22-23-19)13-9-21-15(12-8-20-14(18)7-11(12)13)26-17(5-4-6-17)10-27(3,24)25/h7-9H,4-6,10H2,1-3H3. The number of pyridine rings is 2. The van der Waals surface area contributed by atoms with Crippen LogP contribution in [0, 0.1) is 0 Å². The van der Waals surface area contributed by atoms with E-state index >= 15 is 0 Å². The molecule has 0 amide bonds. The van der Waals surface area contributed by atoms with Gasteiger partial charge >= 0.3 is 0 Å². The van der Waals surface area contributed by atoms with Crippen LogP contribution < -0.4 is 4.74 Å². The molecule has 0 saturated heterocycles. The topological polar surface area (TPSA) is 118 Å². The average molecular weight is 410 g/mol. The van der Waals surface area contributed by atoms with Crippen molar-refractivity contribution in [2.24, 2.45) is 5.11 Å². The molecule has 0 atom stereocenters. The lowest BCUT2D eigenvalue weighted by Gasteiger charge is -2.41. The first-order valence-electron chi connectivity index (χ1n) is 8.43. The molecule has 0 spiro atoms. The molecule has 8 nitrogen and oxygen atoms in total. The number of fused-ring (bicyclic) bond motifs is 1. The zero-order chi connectivity index (χ0) is 19.9. The van der Waals surface area contributed by atoms with E-state index in [2.05, 4.69) is 20.0 Å². The lowest BCUT2D eigenvalue weighted by molar-refractivity contribution is 0.0120. The predicted octanol–water partition coefficient (Wildman–Crippen LogP) is 4.17. The van der Waals surface area contributed by atoms with Gasteiger partial charge in [-0.15, -0.1) is 0 Å². The third kappa shape index (κ3) is 4.10. The number of aromatic nitrogens is 2. The molecule has 1 aliphatic carbocycles. The van der Waals surface area contributed by atoms with Crippen LogP contribution in [0.1, 0.15) is 38.7 Å². The van der Waals surface area contributed by atoms with Gasteiger partial charge < -0.3 is 4.74 Å². The Balaban J connectivity index is 2.12. The fraction of sp³-hybridized carbons (Fsp3) is 0.529. The highest BCUT2D eigenvalue weighted by Gasteiger charge is 2.43. The molecular formula is C17H20ClN5O3S. The second-order valence-corrected chi connectivity index (χ2v) is 10.0. The van der Waals surface area contributed by atoms with Crippen molar-refractivity contribution >= 4 is 32.2 Å². The van der Waals surface area contributed by atoms with Crippen molar-refractivity contribution in [3.05, 3.63) is 39.6 Å². The molecule has 2 heterocycles. The van der Waals surface area contributed by atoms with E-state index in [1.165, 1.54) is 6.26 Å². The average Bonchev–Trinajstić information content (AvgIpc) is 2.51. The molecule has 3 rings (SSSR count). The fourth-order valence-corrected chi connectivity index (χ4v) is 4.81. The minimum absolute atomic E-state index is 0.0594. The highest BCUT2D eigenvalue weighted by Crippen LogP contribution is 2.41. The van der Waals surface area contributed by atoms with Gasteiger partial charge in [-0.2, -0.15) is 0 Å². The van der Waals surface area contributed by atoms with Gasteiger partial charge in [0, 0.05) is 23.6 Å². The van der Waals surface area contributed by atoms with E-state index in [1.807, 2.05) is 0 Å². The van der Waals surface area contributed by atoms with E-state index in [0.717, 1.165) is 6.42 Å². The molecule has 2 aromatic rings. The van der Waals surface area contributed by atoms with Gasteiger partial charge in [0.25, 0.3) is 0 Å². The number of ether oxygens (including phenoxy) is 1. The summed E-state index contributed by atoms with van der Waals surface area (Å²) in [6.07, 6.45) is 6.53. The number of halogens is 1. The Labute approximate surface area is 162 Å². The number of azide groups is 1. The normalized spacial score (nSPS) is 16.4. The van der Waals surface area contributed by atoms with E-state index in [-0.39, 0.29) is 10.9 Å². The van der Waals surface area contributed by atoms with E-state index in [4.69, 9.17) is 21.9 Å². The van der Waals surface area contributed by atoms with Crippen molar-refractivity contribution in [2.45, 2.75) is 44.2 Å². The zero-order valence-electron chi connectivity index (χ0n) is 15.3. The quantitative estimate of drug-likeness (QED) is 0.307. The van der Waals surface area contributed by atoms with Crippen LogP contribution in [0.3, 0.4) is 0 Å². The molecule has 1 aliphatic rings. The molecule has 1 saturated carbocycles. The lowest BCUT2D eigenvalue weighted by Crippen LogP contribution is -2.49. The van der Waals surface area contributed by atoms with Gasteiger partial charge in [0.2, 0.25) is 5.88 Å². The van der Waals surface area contributed by atoms with Gasteiger partial charge in [-0.1, -0.05) is 30.6 Å². The lowest BCUT2D eigenvalue weighted by atomic mass is 9.81. The van der Waals surface area contributed by atoms with Crippen LogP contribution in [-0.4, -0.2) is 36.0 Å². The minimum Gasteiger partial charge on any atom is -0.469 e. The van der Waals surface area contributed by atoms with Gasteiger partial charge in [0.1, 0.15) is 10.8 Å². The number of hydrogen-bond acceptors (Lipinski definition) is 6.